The molecule has 2 aromatic rings. The van der Waals surface area contributed by atoms with Gasteiger partial charge in [0.25, 0.3) is 0 Å². The summed E-state index contributed by atoms with van der Waals surface area (Å²) < 4.78 is 40.3. The molecule has 0 aromatic carbocycles. The van der Waals surface area contributed by atoms with E-state index in [1.807, 2.05) is 0 Å². The maximum atomic E-state index is 12.1. The van der Waals surface area contributed by atoms with Crippen LogP contribution in [-0.2, 0) is 6.18 Å². The van der Waals surface area contributed by atoms with E-state index in [-0.39, 0.29) is 11.5 Å². The normalized spacial score (nSPS) is 11.7. The highest BCUT2D eigenvalue weighted by atomic mass is 19.4. The second-order valence-electron chi connectivity index (χ2n) is 2.53. The summed E-state index contributed by atoms with van der Waals surface area (Å²) in [6.45, 7) is 0. The van der Waals surface area contributed by atoms with E-state index in [9.17, 15) is 13.2 Å². The Morgan fingerprint density at radius 3 is 2.60 bits per heavy atom. The molecule has 0 bridgehead atoms. The molecule has 5 nitrogen and oxygen atoms in total. The van der Waals surface area contributed by atoms with E-state index in [2.05, 4.69) is 24.9 Å². The maximum Gasteiger partial charge on any atom is 0.471 e. The van der Waals surface area contributed by atoms with Gasteiger partial charge in [0, 0.05) is 6.20 Å². The van der Waals surface area contributed by atoms with Crippen LogP contribution in [0.25, 0.3) is 11.5 Å². The molecule has 0 radical (unpaired) electrons. The van der Waals surface area contributed by atoms with E-state index in [1.54, 1.807) is 0 Å². The maximum absolute atomic E-state index is 12.1. The van der Waals surface area contributed by atoms with E-state index in [0.29, 0.717) is 0 Å². The van der Waals surface area contributed by atoms with Crippen LogP contribution in [0, 0.1) is 0 Å². The van der Waals surface area contributed by atoms with Gasteiger partial charge >= 0.3 is 12.1 Å². The molecule has 15 heavy (non-hydrogen) atoms. The predicted molar refractivity (Wildman–Crippen MR) is 40.3 cm³/mol. The minimum absolute atomic E-state index is 0.122. The van der Waals surface area contributed by atoms with Gasteiger partial charge in [-0.1, -0.05) is 5.16 Å². The van der Waals surface area contributed by atoms with E-state index < -0.39 is 12.1 Å². The second-order valence-corrected chi connectivity index (χ2v) is 2.53. The van der Waals surface area contributed by atoms with Crippen LogP contribution in [0.5, 0.6) is 0 Å². The van der Waals surface area contributed by atoms with Crippen molar-refractivity contribution >= 4 is 0 Å². The molecule has 0 aliphatic rings. The van der Waals surface area contributed by atoms with Crippen LogP contribution >= 0.6 is 0 Å². The van der Waals surface area contributed by atoms with Gasteiger partial charge in [-0.05, 0) is 12.1 Å². The minimum Gasteiger partial charge on any atom is -0.329 e. The van der Waals surface area contributed by atoms with Crippen LogP contribution in [0.4, 0.5) is 13.2 Å². The third kappa shape index (κ3) is 1.92. The molecular formula is C7H3F3N4O. The molecule has 8 heteroatoms. The monoisotopic (exact) mass is 216 g/mol. The first-order chi connectivity index (χ1) is 7.07. The molecule has 0 fully saturated rings. The fourth-order valence-corrected chi connectivity index (χ4v) is 0.863. The first kappa shape index (κ1) is 9.56. The minimum atomic E-state index is -4.65. The fraction of sp³-hybridized carbons (Fsp3) is 0.143. The smallest absolute Gasteiger partial charge is 0.329 e. The summed E-state index contributed by atoms with van der Waals surface area (Å²) in [4.78, 5) is 3.15. The van der Waals surface area contributed by atoms with Crippen molar-refractivity contribution in [3.05, 3.63) is 24.2 Å². The molecule has 0 aliphatic carbocycles. The third-order valence-electron chi connectivity index (χ3n) is 1.47. The van der Waals surface area contributed by atoms with Crippen LogP contribution in [0.1, 0.15) is 5.89 Å². The van der Waals surface area contributed by atoms with Crippen LogP contribution in [0.3, 0.4) is 0 Å². The summed E-state index contributed by atoms with van der Waals surface area (Å²) in [6, 6.07) is 2.93. The quantitative estimate of drug-likeness (QED) is 0.723. The molecule has 0 atom stereocenters. The highest BCUT2D eigenvalue weighted by Gasteiger charge is 2.38. The fourth-order valence-electron chi connectivity index (χ4n) is 0.863. The molecule has 0 spiro atoms. The lowest BCUT2D eigenvalue weighted by molar-refractivity contribution is -0.159. The zero-order valence-electron chi connectivity index (χ0n) is 7.06. The molecule has 0 N–H and O–H groups in total. The zero-order valence-corrected chi connectivity index (χ0v) is 7.06. The van der Waals surface area contributed by atoms with Crippen molar-refractivity contribution in [2.75, 3.05) is 0 Å². The number of hydrogen-bond acceptors (Lipinski definition) is 5. The highest BCUT2D eigenvalue weighted by Crippen LogP contribution is 2.28. The summed E-state index contributed by atoms with van der Waals surface area (Å²) in [5, 5.41) is 10.2. The van der Waals surface area contributed by atoms with Crippen molar-refractivity contribution in [1.29, 1.82) is 0 Å². The molecule has 0 saturated carbocycles. The molecule has 0 aliphatic heterocycles. The van der Waals surface area contributed by atoms with Crippen LogP contribution < -0.4 is 0 Å². The first-order valence-corrected chi connectivity index (χ1v) is 3.76. The molecular weight excluding hydrogens is 213 g/mol. The lowest BCUT2D eigenvalue weighted by Gasteiger charge is -1.95. The van der Waals surface area contributed by atoms with Gasteiger partial charge < -0.3 is 4.52 Å². The molecule has 0 amide bonds. The summed E-state index contributed by atoms with van der Waals surface area (Å²) in [5.41, 5.74) is 0.122. The average Bonchev–Trinajstić information content (AvgIpc) is 2.67. The van der Waals surface area contributed by atoms with E-state index in [0.717, 1.165) is 0 Å². The molecule has 2 heterocycles. The van der Waals surface area contributed by atoms with Crippen LogP contribution in [-0.4, -0.2) is 20.3 Å². The first-order valence-electron chi connectivity index (χ1n) is 3.76. The van der Waals surface area contributed by atoms with Gasteiger partial charge in [-0.25, -0.2) is 0 Å². The Balaban J connectivity index is 2.37. The second kappa shape index (κ2) is 3.30. The molecule has 2 rings (SSSR count). The summed E-state index contributed by atoms with van der Waals surface area (Å²) in [5.74, 6) is -1.64. The largest absolute Gasteiger partial charge is 0.471 e. The standard InChI is InChI=1S/C7H3F3N4O/c8-7(9,10)6-12-5(14-15-6)4-2-1-3-11-13-4/h1-3H. The van der Waals surface area contributed by atoms with Crippen molar-refractivity contribution < 1.29 is 17.7 Å². The number of hydrogen-bond donors (Lipinski definition) is 0. The van der Waals surface area contributed by atoms with Gasteiger partial charge in [0.15, 0.2) is 0 Å². The predicted octanol–water partition coefficient (Wildman–Crippen LogP) is 1.55. The summed E-state index contributed by atoms with van der Waals surface area (Å²) in [7, 11) is 0. The van der Waals surface area contributed by atoms with Gasteiger partial charge in [-0.15, -0.1) is 5.10 Å². The Morgan fingerprint density at radius 1 is 1.27 bits per heavy atom. The van der Waals surface area contributed by atoms with Crippen LogP contribution in [0.2, 0.25) is 0 Å². The van der Waals surface area contributed by atoms with E-state index in [4.69, 9.17) is 0 Å². The number of nitrogens with zero attached hydrogens (tertiary/aromatic N) is 4. The Labute approximate surface area is 80.9 Å². The molecule has 2 aromatic heterocycles. The van der Waals surface area contributed by atoms with E-state index >= 15 is 0 Å². The van der Waals surface area contributed by atoms with Gasteiger partial charge in [0.1, 0.15) is 5.69 Å². The molecule has 0 saturated heterocycles. The van der Waals surface area contributed by atoms with Crippen molar-refractivity contribution in [3.63, 3.8) is 0 Å². The van der Waals surface area contributed by atoms with Gasteiger partial charge in [0.2, 0.25) is 5.82 Å². The topological polar surface area (TPSA) is 64.7 Å². The van der Waals surface area contributed by atoms with Crippen molar-refractivity contribution in [3.8, 4) is 11.5 Å². The number of alkyl halides is 3. The van der Waals surface area contributed by atoms with Gasteiger partial charge in [-0.2, -0.15) is 23.3 Å². The van der Waals surface area contributed by atoms with Gasteiger partial charge in [-0.3, -0.25) is 0 Å². The number of aromatic nitrogens is 4. The lowest BCUT2D eigenvalue weighted by Crippen LogP contribution is -2.04. The molecule has 0 unspecified atom stereocenters. The average molecular weight is 216 g/mol. The van der Waals surface area contributed by atoms with Crippen molar-refractivity contribution in [2.24, 2.45) is 0 Å². The van der Waals surface area contributed by atoms with E-state index in [1.165, 1.54) is 18.3 Å². The Bertz CT molecular complexity index is 453. The zero-order chi connectivity index (χ0) is 10.9. The Morgan fingerprint density at radius 2 is 2.07 bits per heavy atom. The SMILES string of the molecule is FC(F)(F)c1nc(-c2cccnn2)no1. The Kier molecular flexibility index (Phi) is 2.10. The van der Waals surface area contributed by atoms with Gasteiger partial charge in [0.05, 0.1) is 0 Å². The van der Waals surface area contributed by atoms with Crippen LogP contribution in [0.15, 0.2) is 22.9 Å². The van der Waals surface area contributed by atoms with Crippen molar-refractivity contribution in [2.45, 2.75) is 6.18 Å². The molecule has 78 valence electrons. The Hall–Kier alpha value is -1.99. The number of halogens is 3. The summed E-state index contributed by atoms with van der Waals surface area (Å²) in [6.07, 6.45) is -3.26. The third-order valence-corrected chi connectivity index (χ3v) is 1.47. The van der Waals surface area contributed by atoms with Crippen molar-refractivity contribution in [1.82, 2.24) is 20.3 Å². The summed E-state index contributed by atoms with van der Waals surface area (Å²) >= 11 is 0. The highest BCUT2D eigenvalue weighted by molar-refractivity contribution is 5.46. The lowest BCUT2D eigenvalue weighted by atomic mass is 10.4. The number of rotatable bonds is 1.